The van der Waals surface area contributed by atoms with Gasteiger partial charge in [-0.3, -0.25) is 0 Å². The monoisotopic (exact) mass is 299 g/mol. The number of halogens is 1. The molecule has 1 atom stereocenters. The Balaban J connectivity index is 3.00. The second-order valence-electron chi connectivity index (χ2n) is 3.49. The molecule has 0 fully saturated rings. The Bertz CT molecular complexity index is 315. The van der Waals surface area contributed by atoms with Gasteiger partial charge >= 0.3 is 0 Å². The molecule has 0 spiro atoms. The minimum atomic E-state index is 0.209. The van der Waals surface area contributed by atoms with Crippen molar-refractivity contribution in [3.63, 3.8) is 0 Å². The molecule has 0 aromatic heterocycles. The van der Waals surface area contributed by atoms with Gasteiger partial charge in [0.2, 0.25) is 0 Å². The van der Waals surface area contributed by atoms with Crippen molar-refractivity contribution >= 4 is 22.6 Å². The lowest BCUT2D eigenvalue weighted by atomic mass is 9.98. The normalized spacial score (nSPS) is 12.5. The lowest BCUT2D eigenvalue weighted by Gasteiger charge is -2.09. The van der Waals surface area contributed by atoms with Crippen molar-refractivity contribution in [1.82, 2.24) is 0 Å². The van der Waals surface area contributed by atoms with E-state index in [1.165, 1.54) is 21.1 Å². The first-order chi connectivity index (χ1) is 6.67. The van der Waals surface area contributed by atoms with Crippen LogP contribution in [0.1, 0.15) is 30.4 Å². The van der Waals surface area contributed by atoms with E-state index in [4.69, 9.17) is 0 Å². The highest BCUT2D eigenvalue weighted by molar-refractivity contribution is 14.1. The first-order valence-electron chi connectivity index (χ1n) is 4.92. The molecule has 0 saturated heterocycles. The highest BCUT2D eigenvalue weighted by atomic mass is 127. The summed E-state index contributed by atoms with van der Waals surface area (Å²) >= 11 is 2.36. The van der Waals surface area contributed by atoms with Crippen LogP contribution in [-0.2, 0) is 6.42 Å². The summed E-state index contributed by atoms with van der Waals surface area (Å²) in [6.45, 7) is 10.0. The fourth-order valence-corrected chi connectivity index (χ4v) is 2.22. The van der Waals surface area contributed by atoms with Crippen LogP contribution in [-0.4, -0.2) is 0 Å². The second kappa shape index (κ2) is 5.54. The molecule has 0 N–H and O–H groups in total. The van der Waals surface area contributed by atoms with Crippen LogP contribution in [0.5, 0.6) is 0 Å². The molecule has 0 nitrogen and oxygen atoms in total. The average Bonchev–Trinajstić information content (AvgIpc) is 2.16. The van der Waals surface area contributed by atoms with Crippen molar-refractivity contribution in [2.45, 2.75) is 25.7 Å². The lowest BCUT2D eigenvalue weighted by Crippen LogP contribution is -1.93. The van der Waals surface area contributed by atoms with Gasteiger partial charge in [-0.2, -0.15) is 0 Å². The van der Waals surface area contributed by atoms with Crippen molar-refractivity contribution in [1.29, 1.82) is 0 Å². The molecule has 1 heteroatoms. The summed E-state index contributed by atoms with van der Waals surface area (Å²) in [6.07, 6.45) is 4.23. The van der Waals surface area contributed by atoms with Crippen molar-refractivity contribution in [2.24, 2.45) is 0 Å². The zero-order chi connectivity index (χ0) is 10.6. The van der Waals surface area contributed by atoms with E-state index in [0.717, 1.165) is 6.42 Å². The van der Waals surface area contributed by atoms with Gasteiger partial charge in [-0.15, -0.1) is 6.58 Å². The third-order valence-corrected chi connectivity index (χ3v) is 2.85. The summed E-state index contributed by atoms with van der Waals surface area (Å²) in [5.41, 5.74) is 2.68. The molecule has 0 aliphatic carbocycles. The highest BCUT2D eigenvalue weighted by Crippen LogP contribution is 2.21. The van der Waals surface area contributed by atoms with Gasteiger partial charge < -0.3 is 0 Å². The summed E-state index contributed by atoms with van der Waals surface area (Å²) < 4.78 is 1.29. The summed E-state index contributed by atoms with van der Waals surface area (Å²) in [5, 5.41) is 0. The molecule has 0 aliphatic rings. The molecule has 1 radical (unpaired) electrons. The first kappa shape index (κ1) is 11.8. The predicted molar refractivity (Wildman–Crippen MR) is 71.4 cm³/mol. The Morgan fingerprint density at radius 3 is 2.71 bits per heavy atom. The number of hydrogen-bond acceptors (Lipinski definition) is 0. The minimum Gasteiger partial charge on any atom is -0.102 e. The van der Waals surface area contributed by atoms with Gasteiger partial charge in [0.25, 0.3) is 0 Å². The average molecular weight is 299 g/mol. The van der Waals surface area contributed by atoms with Crippen LogP contribution < -0.4 is 0 Å². The Hall–Kier alpha value is -0.310. The van der Waals surface area contributed by atoms with Crippen LogP contribution in [0.25, 0.3) is 0 Å². The highest BCUT2D eigenvalue weighted by Gasteiger charge is 2.03. The maximum absolute atomic E-state index is 4.05. The second-order valence-corrected chi connectivity index (χ2v) is 4.73. The van der Waals surface area contributed by atoms with Crippen LogP contribution in [0, 0.1) is 10.5 Å². The Morgan fingerprint density at radius 2 is 2.14 bits per heavy atom. The quantitative estimate of drug-likeness (QED) is 0.573. The van der Waals surface area contributed by atoms with Crippen LogP contribution >= 0.6 is 22.6 Å². The Morgan fingerprint density at radius 1 is 1.43 bits per heavy atom. The molecule has 14 heavy (non-hydrogen) atoms. The van der Waals surface area contributed by atoms with E-state index in [0.29, 0.717) is 0 Å². The number of benzene rings is 1. The van der Waals surface area contributed by atoms with E-state index in [1.807, 2.05) is 6.08 Å². The fraction of sp³-hybridized carbons (Fsp3) is 0.308. The summed E-state index contributed by atoms with van der Waals surface area (Å²) in [6, 6.07) is 6.66. The molecular weight excluding hydrogens is 283 g/mol. The molecule has 1 unspecified atom stereocenters. The smallest absolute Gasteiger partial charge is 0.0136 e. The number of hydrogen-bond donors (Lipinski definition) is 0. The topological polar surface area (TPSA) is 0 Å². The van der Waals surface area contributed by atoms with Gasteiger partial charge in [-0.25, -0.2) is 0 Å². The van der Waals surface area contributed by atoms with Gasteiger partial charge in [-0.1, -0.05) is 25.5 Å². The largest absolute Gasteiger partial charge is 0.102 e. The van der Waals surface area contributed by atoms with Crippen LogP contribution in [0.3, 0.4) is 0 Å². The lowest BCUT2D eigenvalue weighted by molar-refractivity contribution is 0.914. The van der Waals surface area contributed by atoms with Crippen molar-refractivity contribution in [3.05, 3.63) is 52.5 Å². The van der Waals surface area contributed by atoms with Crippen molar-refractivity contribution in [3.8, 4) is 0 Å². The number of allylic oxidation sites excluding steroid dienone is 1. The molecule has 0 amide bonds. The van der Waals surface area contributed by atoms with Gasteiger partial charge in [0.05, 0.1) is 0 Å². The third kappa shape index (κ3) is 3.12. The number of aryl methyl sites for hydroxylation is 1. The summed E-state index contributed by atoms with van der Waals surface area (Å²) in [7, 11) is 0. The minimum absolute atomic E-state index is 0.209. The maximum Gasteiger partial charge on any atom is 0.0136 e. The van der Waals surface area contributed by atoms with Crippen LogP contribution in [0.2, 0.25) is 0 Å². The van der Waals surface area contributed by atoms with Gasteiger partial charge in [0.1, 0.15) is 0 Å². The van der Waals surface area contributed by atoms with E-state index < -0.39 is 0 Å². The van der Waals surface area contributed by atoms with E-state index in [9.17, 15) is 0 Å². The SMILES string of the molecule is [CH2]C(C=C)c1cc(I)cc(CCC)c1. The Labute approximate surface area is 101 Å². The molecular formula is C13H16I. The molecule has 0 saturated carbocycles. The van der Waals surface area contributed by atoms with Gasteiger partial charge in [0, 0.05) is 9.49 Å². The zero-order valence-electron chi connectivity index (χ0n) is 8.59. The molecule has 1 rings (SSSR count). The number of rotatable bonds is 4. The Kier molecular flexibility index (Phi) is 4.66. The first-order valence-corrected chi connectivity index (χ1v) is 6.00. The molecule has 75 valence electrons. The molecule has 1 aromatic carbocycles. The molecule has 1 aromatic rings. The third-order valence-electron chi connectivity index (χ3n) is 2.23. The standard InChI is InChI=1S/C13H16I/c1-4-6-11-7-12(10(3)5-2)9-13(14)8-11/h5,7-10H,2-4,6H2,1H3. The van der Waals surface area contributed by atoms with Crippen molar-refractivity contribution < 1.29 is 0 Å². The van der Waals surface area contributed by atoms with E-state index in [2.05, 4.69) is 61.2 Å². The van der Waals surface area contributed by atoms with E-state index >= 15 is 0 Å². The molecule has 0 aliphatic heterocycles. The predicted octanol–water partition coefficient (Wildman–Crippen LogP) is 4.35. The fourth-order valence-electron chi connectivity index (χ4n) is 1.46. The van der Waals surface area contributed by atoms with Crippen LogP contribution in [0.15, 0.2) is 30.9 Å². The molecule has 0 bridgehead atoms. The van der Waals surface area contributed by atoms with E-state index in [1.54, 1.807) is 0 Å². The summed E-state index contributed by atoms with van der Waals surface area (Å²) in [5.74, 6) is 0.209. The van der Waals surface area contributed by atoms with E-state index in [-0.39, 0.29) is 5.92 Å². The van der Waals surface area contributed by atoms with Gasteiger partial charge in [-0.05, 0) is 59.2 Å². The zero-order valence-corrected chi connectivity index (χ0v) is 10.8. The van der Waals surface area contributed by atoms with Gasteiger partial charge in [0.15, 0.2) is 0 Å². The van der Waals surface area contributed by atoms with Crippen molar-refractivity contribution in [2.75, 3.05) is 0 Å². The summed E-state index contributed by atoms with van der Waals surface area (Å²) in [4.78, 5) is 0. The maximum atomic E-state index is 4.05. The molecule has 0 heterocycles. The van der Waals surface area contributed by atoms with Crippen LogP contribution in [0.4, 0.5) is 0 Å².